The highest BCUT2D eigenvalue weighted by molar-refractivity contribution is 4.84. The van der Waals surface area contributed by atoms with Crippen molar-refractivity contribution in [2.75, 3.05) is 0 Å². The first-order valence-electron chi connectivity index (χ1n) is 6.35. The van der Waals surface area contributed by atoms with Gasteiger partial charge in [0.2, 0.25) is 0 Å². The summed E-state index contributed by atoms with van der Waals surface area (Å²) in [7, 11) is 0. The van der Waals surface area contributed by atoms with Crippen molar-refractivity contribution in [1.29, 1.82) is 0 Å². The second-order valence-corrected chi connectivity index (χ2v) is 3.64. The molecule has 0 aliphatic heterocycles. The molecule has 0 spiro atoms. The second kappa shape index (κ2) is 23.4. The van der Waals surface area contributed by atoms with Gasteiger partial charge in [0.1, 0.15) is 0 Å². The van der Waals surface area contributed by atoms with E-state index in [2.05, 4.69) is 46.4 Å². The quantitative estimate of drug-likeness (QED) is 0.491. The first kappa shape index (κ1) is 20.0. The average Bonchev–Trinajstić information content (AvgIpc) is 2.22. The van der Waals surface area contributed by atoms with Crippen LogP contribution >= 0.6 is 0 Å². The highest BCUT2D eigenvalue weighted by Crippen LogP contribution is 1.89. The third-order valence-corrected chi connectivity index (χ3v) is 1.78. The first-order chi connectivity index (χ1) is 7.10. The average molecular weight is 212 g/mol. The van der Waals surface area contributed by atoms with Gasteiger partial charge in [-0.05, 0) is 26.7 Å². The summed E-state index contributed by atoms with van der Waals surface area (Å²) >= 11 is 0. The molecule has 0 saturated heterocycles. The van der Waals surface area contributed by atoms with E-state index in [1.54, 1.807) is 0 Å². The SMILES string of the molecule is C=C(C)CC.CC=CCC.CCCCC. The molecular formula is C15H32. The van der Waals surface area contributed by atoms with Gasteiger partial charge in [-0.15, -0.1) is 6.58 Å². The molecule has 0 nitrogen and oxygen atoms in total. The van der Waals surface area contributed by atoms with Crippen molar-refractivity contribution in [2.45, 2.75) is 73.6 Å². The van der Waals surface area contributed by atoms with Crippen molar-refractivity contribution in [3.63, 3.8) is 0 Å². The second-order valence-electron chi connectivity index (χ2n) is 3.64. The number of hydrogen-bond acceptors (Lipinski definition) is 0. The topological polar surface area (TPSA) is 0 Å². The van der Waals surface area contributed by atoms with E-state index in [4.69, 9.17) is 0 Å². The van der Waals surface area contributed by atoms with Crippen molar-refractivity contribution in [2.24, 2.45) is 0 Å². The number of hydrogen-bond donors (Lipinski definition) is 0. The van der Waals surface area contributed by atoms with Gasteiger partial charge in [-0.3, -0.25) is 0 Å². The zero-order chi connectivity index (χ0) is 12.5. The van der Waals surface area contributed by atoms with Crippen LogP contribution in [0.1, 0.15) is 73.6 Å². The van der Waals surface area contributed by atoms with Gasteiger partial charge in [0.15, 0.2) is 0 Å². The Morgan fingerprint density at radius 2 is 1.47 bits per heavy atom. The minimum absolute atomic E-state index is 1.11. The van der Waals surface area contributed by atoms with E-state index in [0.29, 0.717) is 0 Å². The van der Waals surface area contributed by atoms with Crippen LogP contribution < -0.4 is 0 Å². The van der Waals surface area contributed by atoms with Crippen LogP contribution in [0.5, 0.6) is 0 Å². The van der Waals surface area contributed by atoms with Crippen molar-refractivity contribution in [3.05, 3.63) is 24.3 Å². The highest BCUT2D eigenvalue weighted by Gasteiger charge is 1.68. The fraction of sp³-hybridized carbons (Fsp3) is 0.733. The molecule has 0 unspecified atom stereocenters. The van der Waals surface area contributed by atoms with Gasteiger partial charge in [0, 0.05) is 0 Å². The van der Waals surface area contributed by atoms with Crippen molar-refractivity contribution in [1.82, 2.24) is 0 Å². The molecule has 0 aliphatic carbocycles. The van der Waals surface area contributed by atoms with Crippen LogP contribution in [0.4, 0.5) is 0 Å². The lowest BCUT2D eigenvalue weighted by Gasteiger charge is -1.79. The molecular weight excluding hydrogens is 180 g/mol. The Morgan fingerprint density at radius 3 is 1.47 bits per heavy atom. The molecule has 0 amide bonds. The predicted octanol–water partition coefficient (Wildman–Crippen LogP) is 6.14. The number of rotatable bonds is 4. The summed E-state index contributed by atoms with van der Waals surface area (Å²) in [5.74, 6) is 0. The minimum atomic E-state index is 1.11. The van der Waals surface area contributed by atoms with E-state index >= 15 is 0 Å². The van der Waals surface area contributed by atoms with Crippen LogP contribution in [0, 0.1) is 0 Å². The molecule has 0 saturated carbocycles. The van der Waals surface area contributed by atoms with Crippen LogP contribution in [0.25, 0.3) is 0 Å². The summed E-state index contributed by atoms with van der Waals surface area (Å²) < 4.78 is 0. The molecule has 0 atom stereocenters. The molecule has 0 aromatic rings. The van der Waals surface area contributed by atoms with E-state index in [9.17, 15) is 0 Å². The molecule has 0 aliphatic rings. The first-order valence-corrected chi connectivity index (χ1v) is 6.35. The zero-order valence-electron chi connectivity index (χ0n) is 11.9. The van der Waals surface area contributed by atoms with Crippen molar-refractivity contribution in [3.8, 4) is 0 Å². The molecule has 0 radical (unpaired) electrons. The van der Waals surface area contributed by atoms with E-state index in [1.165, 1.54) is 24.8 Å². The summed E-state index contributed by atoms with van der Waals surface area (Å²) in [5, 5.41) is 0. The smallest absolute Gasteiger partial charge is 0.0354 e. The molecule has 92 valence electrons. The standard InChI is InChI=1S/C5H10.C5H12.C5H10/c1-4-5(2)3;2*1-3-5-4-2/h2,4H2,1,3H3;3-5H2,1-2H3;3,5H,4H2,1-2H3. The van der Waals surface area contributed by atoms with Crippen LogP contribution in [0.15, 0.2) is 24.3 Å². The third kappa shape index (κ3) is 59.2. The Bertz CT molecular complexity index is 118. The van der Waals surface area contributed by atoms with Crippen LogP contribution in [-0.2, 0) is 0 Å². The van der Waals surface area contributed by atoms with Gasteiger partial charge in [-0.2, -0.15) is 0 Å². The molecule has 0 rings (SSSR count). The number of unbranched alkanes of at least 4 members (excludes halogenated alkanes) is 2. The van der Waals surface area contributed by atoms with Crippen LogP contribution in [0.3, 0.4) is 0 Å². The Morgan fingerprint density at radius 1 is 1.07 bits per heavy atom. The van der Waals surface area contributed by atoms with E-state index in [1.807, 2.05) is 13.8 Å². The van der Waals surface area contributed by atoms with E-state index in [0.717, 1.165) is 12.8 Å². The molecule has 0 aromatic carbocycles. The maximum absolute atomic E-state index is 3.67. The Labute approximate surface area is 98.5 Å². The summed E-state index contributed by atoms with van der Waals surface area (Å²) in [6.07, 6.45) is 10.5. The van der Waals surface area contributed by atoms with Gasteiger partial charge in [-0.25, -0.2) is 0 Å². The Hall–Kier alpha value is -0.520. The normalized spacial score (nSPS) is 8.67. The maximum atomic E-state index is 3.67. The summed E-state index contributed by atoms with van der Waals surface area (Å²) in [6.45, 7) is 16.4. The summed E-state index contributed by atoms with van der Waals surface area (Å²) in [4.78, 5) is 0. The lowest BCUT2D eigenvalue weighted by Crippen LogP contribution is -1.59. The minimum Gasteiger partial charge on any atom is -0.100 e. The van der Waals surface area contributed by atoms with E-state index < -0.39 is 0 Å². The van der Waals surface area contributed by atoms with Crippen LogP contribution in [0.2, 0.25) is 0 Å². The predicted molar refractivity (Wildman–Crippen MR) is 75.4 cm³/mol. The lowest BCUT2D eigenvalue weighted by atomic mass is 10.3. The van der Waals surface area contributed by atoms with Gasteiger partial charge >= 0.3 is 0 Å². The van der Waals surface area contributed by atoms with Gasteiger partial charge in [0.05, 0.1) is 0 Å². The Kier molecular flexibility index (Phi) is 31.1. The van der Waals surface area contributed by atoms with Gasteiger partial charge in [0.25, 0.3) is 0 Å². The van der Waals surface area contributed by atoms with Crippen LogP contribution in [-0.4, -0.2) is 0 Å². The Balaban J connectivity index is -0.000000144. The molecule has 0 fully saturated rings. The highest BCUT2D eigenvalue weighted by atomic mass is 13.7. The zero-order valence-corrected chi connectivity index (χ0v) is 11.9. The largest absolute Gasteiger partial charge is 0.100 e. The maximum Gasteiger partial charge on any atom is -0.0354 e. The fourth-order valence-corrected chi connectivity index (χ4v) is 0.589. The molecule has 0 N–H and O–H groups in total. The van der Waals surface area contributed by atoms with Gasteiger partial charge < -0.3 is 0 Å². The van der Waals surface area contributed by atoms with E-state index in [-0.39, 0.29) is 0 Å². The lowest BCUT2D eigenvalue weighted by molar-refractivity contribution is 0.772. The van der Waals surface area contributed by atoms with Gasteiger partial charge in [-0.1, -0.05) is 64.7 Å². The third-order valence-electron chi connectivity index (χ3n) is 1.78. The molecule has 0 bridgehead atoms. The summed E-state index contributed by atoms with van der Waals surface area (Å²) in [5.41, 5.74) is 1.25. The molecule has 0 heterocycles. The van der Waals surface area contributed by atoms with Crippen molar-refractivity contribution < 1.29 is 0 Å². The summed E-state index contributed by atoms with van der Waals surface area (Å²) in [6, 6.07) is 0. The number of allylic oxidation sites excluding steroid dienone is 3. The fourth-order valence-electron chi connectivity index (χ4n) is 0.589. The van der Waals surface area contributed by atoms with Crippen molar-refractivity contribution >= 4 is 0 Å². The molecule has 0 aromatic heterocycles. The monoisotopic (exact) mass is 212 g/mol. The molecule has 15 heavy (non-hydrogen) atoms. The molecule has 0 heteroatoms.